The number of rotatable bonds is 9. The summed E-state index contributed by atoms with van der Waals surface area (Å²) in [5.74, 6) is 10.2. The minimum absolute atomic E-state index is 0.756. The molecule has 0 heteroatoms. The number of hydrogen-bond acceptors (Lipinski definition) is 0. The topological polar surface area (TPSA) is 0 Å². The van der Waals surface area contributed by atoms with E-state index in [4.69, 9.17) is 0 Å². The Hall–Kier alpha value is -1.48. The van der Waals surface area contributed by atoms with Crippen molar-refractivity contribution in [3.63, 3.8) is 0 Å². The SMILES string of the molecule is CCCCCCC1CCC(/C=C/C#Cc2ccc(C3CCC(CCC)CC3)cc2)CC1. The Kier molecular flexibility index (Phi) is 10.8. The zero-order valence-corrected chi connectivity index (χ0v) is 20.4. The van der Waals surface area contributed by atoms with Crippen LogP contribution in [0.1, 0.15) is 127 Å². The lowest BCUT2D eigenvalue weighted by molar-refractivity contribution is 0.289. The van der Waals surface area contributed by atoms with Crippen molar-refractivity contribution in [3.8, 4) is 11.8 Å². The molecule has 0 aromatic heterocycles. The Labute approximate surface area is 193 Å². The van der Waals surface area contributed by atoms with Crippen LogP contribution in [0.15, 0.2) is 36.4 Å². The van der Waals surface area contributed by atoms with Crippen molar-refractivity contribution in [1.29, 1.82) is 0 Å². The van der Waals surface area contributed by atoms with Crippen LogP contribution in [-0.2, 0) is 0 Å². The van der Waals surface area contributed by atoms with Crippen molar-refractivity contribution in [2.75, 3.05) is 0 Å². The molecule has 31 heavy (non-hydrogen) atoms. The summed E-state index contributed by atoms with van der Waals surface area (Å²) in [6, 6.07) is 9.14. The van der Waals surface area contributed by atoms with Gasteiger partial charge in [0.2, 0.25) is 0 Å². The minimum Gasteiger partial charge on any atom is -0.0730 e. The summed E-state index contributed by atoms with van der Waals surface area (Å²) in [6.45, 7) is 4.62. The van der Waals surface area contributed by atoms with Gasteiger partial charge < -0.3 is 0 Å². The fourth-order valence-corrected chi connectivity index (χ4v) is 5.87. The largest absolute Gasteiger partial charge is 0.0730 e. The van der Waals surface area contributed by atoms with E-state index >= 15 is 0 Å². The number of allylic oxidation sites excluding steroid dienone is 2. The van der Waals surface area contributed by atoms with E-state index < -0.39 is 0 Å². The van der Waals surface area contributed by atoms with Crippen molar-refractivity contribution in [2.45, 2.75) is 116 Å². The van der Waals surface area contributed by atoms with Gasteiger partial charge >= 0.3 is 0 Å². The van der Waals surface area contributed by atoms with E-state index in [-0.39, 0.29) is 0 Å². The third-order valence-electron chi connectivity index (χ3n) is 7.95. The van der Waals surface area contributed by atoms with Crippen LogP contribution in [-0.4, -0.2) is 0 Å². The molecule has 2 aliphatic carbocycles. The zero-order chi connectivity index (χ0) is 21.7. The van der Waals surface area contributed by atoms with Gasteiger partial charge in [0.05, 0.1) is 0 Å². The molecule has 0 unspecified atom stereocenters. The molecule has 0 amide bonds. The van der Waals surface area contributed by atoms with Crippen molar-refractivity contribution in [2.24, 2.45) is 17.8 Å². The summed E-state index contributed by atoms with van der Waals surface area (Å²) in [5, 5.41) is 0. The molecule has 3 rings (SSSR count). The lowest BCUT2D eigenvalue weighted by Gasteiger charge is -2.28. The molecule has 1 aromatic carbocycles. The van der Waals surface area contributed by atoms with E-state index in [0.717, 1.165) is 29.2 Å². The normalized spacial score (nSPS) is 26.5. The summed E-state index contributed by atoms with van der Waals surface area (Å²) in [4.78, 5) is 0. The Balaban J connectivity index is 1.37. The molecule has 170 valence electrons. The monoisotopic (exact) mass is 418 g/mol. The molecule has 0 atom stereocenters. The molecule has 0 N–H and O–H groups in total. The average molecular weight is 419 g/mol. The quantitative estimate of drug-likeness (QED) is 0.277. The van der Waals surface area contributed by atoms with Crippen LogP contribution >= 0.6 is 0 Å². The molecule has 2 saturated carbocycles. The molecule has 0 spiro atoms. The molecule has 2 aliphatic rings. The predicted octanol–water partition coefficient (Wildman–Crippen LogP) is 9.44. The number of hydrogen-bond donors (Lipinski definition) is 0. The van der Waals surface area contributed by atoms with E-state index in [1.54, 1.807) is 0 Å². The number of benzene rings is 1. The second kappa shape index (κ2) is 13.8. The van der Waals surface area contributed by atoms with Gasteiger partial charge in [0.15, 0.2) is 0 Å². The van der Waals surface area contributed by atoms with E-state index in [1.807, 2.05) is 0 Å². The summed E-state index contributed by atoms with van der Waals surface area (Å²) in [7, 11) is 0. The van der Waals surface area contributed by atoms with Gasteiger partial charge in [-0.25, -0.2) is 0 Å². The van der Waals surface area contributed by atoms with Gasteiger partial charge in [0, 0.05) is 5.56 Å². The molecule has 0 aliphatic heterocycles. The average Bonchev–Trinajstić information content (AvgIpc) is 2.82. The first-order chi connectivity index (χ1) is 15.3. The van der Waals surface area contributed by atoms with E-state index in [0.29, 0.717) is 0 Å². The molecule has 0 nitrogen and oxygen atoms in total. The smallest absolute Gasteiger partial charge is 0.0249 e. The maximum absolute atomic E-state index is 3.35. The summed E-state index contributed by atoms with van der Waals surface area (Å²) in [5.41, 5.74) is 2.69. The first kappa shape index (κ1) is 24.2. The maximum atomic E-state index is 3.35. The van der Waals surface area contributed by atoms with Crippen LogP contribution in [0.5, 0.6) is 0 Å². The third-order valence-corrected chi connectivity index (χ3v) is 7.95. The van der Waals surface area contributed by atoms with E-state index in [2.05, 4.69) is 62.1 Å². The molecule has 0 bridgehead atoms. The molecule has 0 radical (unpaired) electrons. The van der Waals surface area contributed by atoms with Crippen LogP contribution in [0.3, 0.4) is 0 Å². The second-order valence-electron chi connectivity index (χ2n) is 10.4. The first-order valence-corrected chi connectivity index (χ1v) is 13.6. The van der Waals surface area contributed by atoms with E-state index in [1.165, 1.54) is 102 Å². The molecule has 1 aromatic rings. The van der Waals surface area contributed by atoms with Gasteiger partial charge in [-0.05, 0) is 98.8 Å². The molecular weight excluding hydrogens is 372 g/mol. The van der Waals surface area contributed by atoms with Crippen molar-refractivity contribution < 1.29 is 0 Å². The third kappa shape index (κ3) is 8.52. The van der Waals surface area contributed by atoms with Gasteiger partial charge in [-0.1, -0.05) is 88.8 Å². The summed E-state index contributed by atoms with van der Waals surface area (Å²) >= 11 is 0. The molecular formula is C31H46. The maximum Gasteiger partial charge on any atom is 0.0249 e. The van der Waals surface area contributed by atoms with Crippen LogP contribution in [0.25, 0.3) is 0 Å². The predicted molar refractivity (Wildman–Crippen MR) is 136 cm³/mol. The van der Waals surface area contributed by atoms with Crippen LogP contribution in [0.4, 0.5) is 0 Å². The zero-order valence-electron chi connectivity index (χ0n) is 20.4. The van der Waals surface area contributed by atoms with Crippen LogP contribution < -0.4 is 0 Å². The van der Waals surface area contributed by atoms with Gasteiger partial charge in [-0.3, -0.25) is 0 Å². The Morgan fingerprint density at radius 1 is 0.742 bits per heavy atom. The van der Waals surface area contributed by atoms with Crippen LogP contribution in [0.2, 0.25) is 0 Å². The van der Waals surface area contributed by atoms with Crippen molar-refractivity contribution >= 4 is 0 Å². The van der Waals surface area contributed by atoms with Crippen molar-refractivity contribution in [1.82, 2.24) is 0 Å². The standard InChI is InChI=1S/C31H46/c1-3-5-6-7-11-27-14-16-28(17-15-27)12-8-9-13-29-20-24-31(25-21-29)30-22-18-26(10-4-2)19-23-30/h8,12,20-21,24-28,30H,3-7,10-11,14-19,22-23H2,1-2H3/b12-8+. The lowest BCUT2D eigenvalue weighted by Crippen LogP contribution is -2.13. The lowest BCUT2D eigenvalue weighted by atomic mass is 9.77. The molecule has 0 saturated heterocycles. The highest BCUT2D eigenvalue weighted by atomic mass is 14.3. The second-order valence-corrected chi connectivity index (χ2v) is 10.4. The van der Waals surface area contributed by atoms with E-state index in [9.17, 15) is 0 Å². The summed E-state index contributed by atoms with van der Waals surface area (Å²) in [6.07, 6.45) is 25.6. The highest BCUT2D eigenvalue weighted by Crippen LogP contribution is 2.37. The summed E-state index contributed by atoms with van der Waals surface area (Å²) < 4.78 is 0. The Bertz CT molecular complexity index is 682. The fraction of sp³-hybridized carbons (Fsp3) is 0.677. The highest BCUT2D eigenvalue weighted by Gasteiger charge is 2.21. The fourth-order valence-electron chi connectivity index (χ4n) is 5.87. The van der Waals surface area contributed by atoms with Gasteiger partial charge in [-0.2, -0.15) is 0 Å². The highest BCUT2D eigenvalue weighted by molar-refractivity contribution is 5.39. The van der Waals surface area contributed by atoms with Crippen molar-refractivity contribution in [3.05, 3.63) is 47.5 Å². The molecule has 0 heterocycles. The van der Waals surface area contributed by atoms with Crippen LogP contribution in [0, 0.1) is 29.6 Å². The number of unbranched alkanes of at least 4 members (excludes halogenated alkanes) is 3. The Morgan fingerprint density at radius 2 is 1.42 bits per heavy atom. The Morgan fingerprint density at radius 3 is 2.10 bits per heavy atom. The van der Waals surface area contributed by atoms with Gasteiger partial charge in [0.1, 0.15) is 0 Å². The first-order valence-electron chi connectivity index (χ1n) is 13.6. The minimum atomic E-state index is 0.756. The molecule has 2 fully saturated rings. The van der Waals surface area contributed by atoms with Gasteiger partial charge in [-0.15, -0.1) is 0 Å². The van der Waals surface area contributed by atoms with Gasteiger partial charge in [0.25, 0.3) is 0 Å².